The quantitative estimate of drug-likeness (QED) is 0.149. The largest absolute Gasteiger partial charge is 0.455 e. The van der Waals surface area contributed by atoms with Crippen LogP contribution < -0.4 is 4.90 Å². The Balaban J connectivity index is 0.958. The van der Waals surface area contributed by atoms with E-state index in [0.717, 1.165) is 66.4 Å². The lowest BCUT2D eigenvalue weighted by atomic mass is 9.93. The van der Waals surface area contributed by atoms with Crippen LogP contribution in [-0.2, 0) is 0 Å². The van der Waals surface area contributed by atoms with Gasteiger partial charge in [0.2, 0.25) is 0 Å². The van der Waals surface area contributed by atoms with Gasteiger partial charge in [0.15, 0.2) is 0 Å². The zero-order chi connectivity index (χ0) is 42.8. The molecule has 0 spiro atoms. The van der Waals surface area contributed by atoms with Gasteiger partial charge in [-0.1, -0.05) is 152 Å². The second kappa shape index (κ2) is 15.0. The topological polar surface area (TPSA) is 21.3 Å². The van der Waals surface area contributed by atoms with Gasteiger partial charge >= 0.3 is 0 Å². The zero-order valence-electron chi connectivity index (χ0n) is 35.4. The lowest BCUT2D eigenvalue weighted by Gasteiger charge is -2.26. The number of furan rings is 1. The summed E-state index contributed by atoms with van der Waals surface area (Å²) in [4.78, 5) is 2.38. The molecule has 3 heteroatoms. The smallest absolute Gasteiger partial charge is 0.143 e. The van der Waals surface area contributed by atoms with Crippen molar-refractivity contribution < 1.29 is 4.42 Å². The number of para-hydroxylation sites is 3. The number of fused-ring (bicyclic) bond motifs is 10. The molecule has 0 amide bonds. The molecule has 2 aromatic heterocycles. The average Bonchev–Trinajstić information content (AvgIpc) is 3.93. The van der Waals surface area contributed by atoms with Gasteiger partial charge in [-0.3, -0.25) is 0 Å². The SMILES string of the molecule is c1ccc(-c2cc(-c3ccccc3)cc(-c3ccc(N(c4ccc(-n5c6ccccc6c6ccccc65)cc4)c4ccc5c(ccc6ccc7c8ccccc8oc7c65)c4)cc3)c2)cc1. The summed E-state index contributed by atoms with van der Waals surface area (Å²) in [6.07, 6.45) is 0. The number of hydrogen-bond donors (Lipinski definition) is 0. The molecule has 0 aliphatic rings. The van der Waals surface area contributed by atoms with Crippen molar-refractivity contribution in [3.63, 3.8) is 0 Å². The average molecular weight is 829 g/mol. The Morgan fingerprint density at radius 1 is 0.308 bits per heavy atom. The maximum Gasteiger partial charge on any atom is 0.143 e. The van der Waals surface area contributed by atoms with Crippen molar-refractivity contribution in [1.82, 2.24) is 4.57 Å². The van der Waals surface area contributed by atoms with Gasteiger partial charge in [0, 0.05) is 49.7 Å². The summed E-state index contributed by atoms with van der Waals surface area (Å²) in [5, 5.41) is 9.40. The van der Waals surface area contributed by atoms with Crippen molar-refractivity contribution in [2.75, 3.05) is 4.90 Å². The molecule has 65 heavy (non-hydrogen) atoms. The summed E-state index contributed by atoms with van der Waals surface area (Å²) in [5.74, 6) is 0. The van der Waals surface area contributed by atoms with E-state index in [2.05, 4.69) is 246 Å². The summed E-state index contributed by atoms with van der Waals surface area (Å²) < 4.78 is 8.96. The van der Waals surface area contributed by atoms with E-state index in [1.807, 2.05) is 6.07 Å². The molecule has 0 bridgehead atoms. The van der Waals surface area contributed by atoms with Crippen LogP contribution in [0.3, 0.4) is 0 Å². The molecule has 0 unspecified atom stereocenters. The first-order chi connectivity index (χ1) is 32.2. The van der Waals surface area contributed by atoms with E-state index in [1.165, 1.54) is 55.0 Å². The summed E-state index contributed by atoms with van der Waals surface area (Å²) >= 11 is 0. The molecule has 0 radical (unpaired) electrons. The van der Waals surface area contributed by atoms with Crippen molar-refractivity contribution in [1.29, 1.82) is 0 Å². The minimum atomic E-state index is 0.908. The van der Waals surface area contributed by atoms with Crippen LogP contribution in [0, 0.1) is 0 Å². The third-order valence-corrected chi connectivity index (χ3v) is 13.1. The number of aromatic nitrogens is 1. The fraction of sp³-hybridized carbons (Fsp3) is 0. The van der Waals surface area contributed by atoms with Crippen molar-refractivity contribution in [3.8, 4) is 39.1 Å². The third kappa shape index (κ3) is 6.20. The molecule has 13 rings (SSSR count). The number of anilines is 3. The van der Waals surface area contributed by atoms with Gasteiger partial charge in [-0.05, 0) is 141 Å². The number of nitrogens with zero attached hydrogens (tertiary/aromatic N) is 2. The molecule has 13 aromatic rings. The predicted molar refractivity (Wildman–Crippen MR) is 274 cm³/mol. The van der Waals surface area contributed by atoms with Crippen LogP contribution in [0.25, 0.3) is 104 Å². The maximum atomic E-state index is 6.59. The number of rotatable bonds is 7. The molecular formula is C62H40N2O. The molecule has 0 saturated carbocycles. The number of hydrogen-bond acceptors (Lipinski definition) is 2. The van der Waals surface area contributed by atoms with Gasteiger partial charge in [0.1, 0.15) is 11.2 Å². The summed E-state index contributed by atoms with van der Waals surface area (Å²) in [6.45, 7) is 0. The Morgan fingerprint density at radius 3 is 1.42 bits per heavy atom. The summed E-state index contributed by atoms with van der Waals surface area (Å²) in [6, 6.07) is 87.7. The monoisotopic (exact) mass is 828 g/mol. The molecule has 0 fully saturated rings. The molecule has 0 aliphatic heterocycles. The van der Waals surface area contributed by atoms with Gasteiger partial charge < -0.3 is 13.9 Å². The highest BCUT2D eigenvalue weighted by Crippen LogP contribution is 2.43. The molecule has 0 atom stereocenters. The van der Waals surface area contributed by atoms with Crippen LogP contribution in [0.2, 0.25) is 0 Å². The van der Waals surface area contributed by atoms with E-state index < -0.39 is 0 Å². The van der Waals surface area contributed by atoms with E-state index in [4.69, 9.17) is 4.42 Å². The van der Waals surface area contributed by atoms with Gasteiger partial charge in [-0.15, -0.1) is 0 Å². The lowest BCUT2D eigenvalue weighted by Crippen LogP contribution is -2.10. The normalized spacial score (nSPS) is 11.7. The molecule has 304 valence electrons. The molecule has 0 saturated heterocycles. The molecular weight excluding hydrogens is 789 g/mol. The van der Waals surface area contributed by atoms with Crippen molar-refractivity contribution in [2.45, 2.75) is 0 Å². The van der Waals surface area contributed by atoms with Crippen LogP contribution in [-0.4, -0.2) is 4.57 Å². The lowest BCUT2D eigenvalue weighted by molar-refractivity contribution is 0.673. The van der Waals surface area contributed by atoms with E-state index in [-0.39, 0.29) is 0 Å². The van der Waals surface area contributed by atoms with Gasteiger partial charge in [0.25, 0.3) is 0 Å². The van der Waals surface area contributed by atoms with E-state index in [1.54, 1.807) is 0 Å². The van der Waals surface area contributed by atoms with Crippen molar-refractivity contribution in [3.05, 3.63) is 243 Å². The van der Waals surface area contributed by atoms with E-state index in [9.17, 15) is 0 Å². The van der Waals surface area contributed by atoms with Gasteiger partial charge in [0.05, 0.1) is 11.0 Å². The number of benzene rings is 11. The van der Waals surface area contributed by atoms with Crippen molar-refractivity contribution >= 4 is 82.4 Å². The Hall–Kier alpha value is -8.66. The summed E-state index contributed by atoms with van der Waals surface area (Å²) in [7, 11) is 0. The Labute approximate surface area is 376 Å². The standard InChI is InChI=1S/C62H40N2O/c1-3-13-41(14-4-1)46-37-47(42-15-5-2-6-16-42)39-48(38-46)43-25-28-49(29-26-43)63(50-30-32-51(33-31-50)64-58-20-10-7-17-54(58)55-18-8-11-21-59(55)64)52-34-36-53-45(40-52)24-23-44-27-35-57-56-19-9-12-22-60(56)65-62(57)61(44)53/h1-40H. The van der Waals surface area contributed by atoms with Crippen molar-refractivity contribution in [2.24, 2.45) is 0 Å². The first-order valence-corrected chi connectivity index (χ1v) is 22.2. The highest BCUT2D eigenvalue weighted by Gasteiger charge is 2.18. The van der Waals surface area contributed by atoms with Crippen LogP contribution >= 0.6 is 0 Å². The zero-order valence-corrected chi connectivity index (χ0v) is 35.4. The molecule has 3 nitrogen and oxygen atoms in total. The fourth-order valence-corrected chi connectivity index (χ4v) is 10.0. The Morgan fingerprint density at radius 2 is 0.785 bits per heavy atom. The summed E-state index contributed by atoms with van der Waals surface area (Å²) in [5.41, 5.74) is 15.7. The van der Waals surface area contributed by atoms with E-state index in [0.29, 0.717) is 0 Å². The molecule has 2 heterocycles. The van der Waals surface area contributed by atoms with Crippen LogP contribution in [0.15, 0.2) is 247 Å². The van der Waals surface area contributed by atoms with E-state index >= 15 is 0 Å². The minimum Gasteiger partial charge on any atom is -0.455 e. The van der Waals surface area contributed by atoms with Gasteiger partial charge in [-0.25, -0.2) is 0 Å². The fourth-order valence-electron chi connectivity index (χ4n) is 10.0. The Kier molecular flexibility index (Phi) is 8.53. The highest BCUT2D eigenvalue weighted by atomic mass is 16.3. The Bertz CT molecular complexity index is 3810. The molecule has 11 aromatic carbocycles. The van der Waals surface area contributed by atoms with Crippen LogP contribution in [0.5, 0.6) is 0 Å². The minimum absolute atomic E-state index is 0.908. The second-order valence-electron chi connectivity index (χ2n) is 16.9. The van der Waals surface area contributed by atoms with Crippen LogP contribution in [0.1, 0.15) is 0 Å². The van der Waals surface area contributed by atoms with Crippen LogP contribution in [0.4, 0.5) is 17.1 Å². The third-order valence-electron chi connectivity index (χ3n) is 13.1. The van der Waals surface area contributed by atoms with Gasteiger partial charge in [-0.2, -0.15) is 0 Å². The first-order valence-electron chi connectivity index (χ1n) is 22.2. The predicted octanol–water partition coefficient (Wildman–Crippen LogP) is 17.5. The highest BCUT2D eigenvalue weighted by molar-refractivity contribution is 6.23. The molecule has 0 aliphatic carbocycles. The first kappa shape index (κ1) is 36.9. The maximum absolute atomic E-state index is 6.59. The molecule has 0 N–H and O–H groups in total. The second-order valence-corrected chi connectivity index (χ2v) is 16.9.